The molecule has 4 heterocycles. The van der Waals surface area contributed by atoms with Gasteiger partial charge < -0.3 is 14.7 Å². The number of nitrogens with one attached hydrogen (secondary N) is 1. The number of furan rings is 1. The first-order chi connectivity index (χ1) is 14.5. The molecule has 0 aliphatic heterocycles. The molecule has 1 amide bonds. The van der Waals surface area contributed by atoms with Crippen molar-refractivity contribution in [1.29, 1.82) is 0 Å². The Morgan fingerprint density at radius 1 is 1.37 bits per heavy atom. The lowest BCUT2D eigenvalue weighted by Gasteiger charge is -2.05. The number of rotatable bonds is 7. The van der Waals surface area contributed by atoms with Gasteiger partial charge in [0.25, 0.3) is 5.91 Å². The first-order valence-electron chi connectivity index (χ1n) is 8.42. The van der Waals surface area contributed by atoms with Gasteiger partial charge in [0.2, 0.25) is 11.6 Å². The number of aryl methyl sites for hydroxylation is 2. The topological polar surface area (TPSA) is 181 Å². The van der Waals surface area contributed by atoms with Gasteiger partial charge in [-0.2, -0.15) is 9.78 Å². The predicted molar refractivity (Wildman–Crippen MR) is 103 cm³/mol. The summed E-state index contributed by atoms with van der Waals surface area (Å²) in [6.45, 7) is 1.81. The van der Waals surface area contributed by atoms with Gasteiger partial charge in [0.05, 0.1) is 11.9 Å². The molecule has 15 heteroatoms. The Morgan fingerprint density at radius 3 is 2.90 bits per heavy atom. The molecular weight excluding hydrogens is 414 g/mol. The maximum Gasteiger partial charge on any atom is 0.293 e. The van der Waals surface area contributed by atoms with Gasteiger partial charge in [-0.3, -0.25) is 4.79 Å². The average molecular weight is 429 g/mol. The second kappa shape index (κ2) is 8.16. The average Bonchev–Trinajstić information content (AvgIpc) is 3.49. The van der Waals surface area contributed by atoms with Gasteiger partial charge in [0.15, 0.2) is 10.9 Å². The highest BCUT2D eigenvalue weighted by Crippen LogP contribution is 2.24. The molecule has 30 heavy (non-hydrogen) atoms. The molecule has 0 bridgehead atoms. The third-order valence-electron chi connectivity index (χ3n) is 3.80. The Labute approximate surface area is 172 Å². The SMILES string of the molecule is Cc1ccc(/C=N/NC(=O)c2nnn(-c3nonc3N)c2CSc2nncn2C)o1. The summed E-state index contributed by atoms with van der Waals surface area (Å²) in [5.41, 5.74) is 8.58. The highest BCUT2D eigenvalue weighted by molar-refractivity contribution is 7.98. The molecule has 0 spiro atoms. The largest absolute Gasteiger partial charge is 0.460 e. The molecule has 0 fully saturated rings. The molecule has 0 atom stereocenters. The molecule has 0 aliphatic carbocycles. The molecule has 4 aromatic rings. The minimum Gasteiger partial charge on any atom is -0.460 e. The number of hydrogen-bond donors (Lipinski definition) is 2. The molecule has 0 aliphatic rings. The molecule has 0 aromatic carbocycles. The first kappa shape index (κ1) is 19.3. The number of thioether (sulfide) groups is 1. The van der Waals surface area contributed by atoms with Crippen LogP contribution >= 0.6 is 11.8 Å². The van der Waals surface area contributed by atoms with Gasteiger partial charge in [-0.05, 0) is 29.4 Å². The number of hydrazone groups is 1. The van der Waals surface area contributed by atoms with Crippen LogP contribution in [0, 0.1) is 6.92 Å². The zero-order valence-electron chi connectivity index (χ0n) is 15.8. The number of nitrogens with zero attached hydrogens (tertiary/aromatic N) is 9. The quantitative estimate of drug-likeness (QED) is 0.234. The third-order valence-corrected chi connectivity index (χ3v) is 4.85. The van der Waals surface area contributed by atoms with Crippen LogP contribution in [0.15, 0.2) is 37.8 Å². The number of amides is 1. The predicted octanol–water partition coefficient (Wildman–Crippen LogP) is 0.319. The fourth-order valence-corrected chi connectivity index (χ4v) is 3.26. The van der Waals surface area contributed by atoms with Gasteiger partial charge in [-0.15, -0.1) is 15.3 Å². The lowest BCUT2D eigenvalue weighted by molar-refractivity contribution is 0.0949. The van der Waals surface area contributed by atoms with Crippen molar-refractivity contribution >= 4 is 29.7 Å². The Hall–Kier alpha value is -4.01. The van der Waals surface area contributed by atoms with Crippen LogP contribution in [-0.2, 0) is 12.8 Å². The van der Waals surface area contributed by atoms with E-state index in [2.05, 4.69) is 46.0 Å². The minimum atomic E-state index is -0.579. The summed E-state index contributed by atoms with van der Waals surface area (Å²) in [6.07, 6.45) is 2.94. The van der Waals surface area contributed by atoms with E-state index in [1.165, 1.54) is 22.7 Å². The van der Waals surface area contributed by atoms with E-state index in [1.807, 2.05) is 0 Å². The van der Waals surface area contributed by atoms with Crippen LogP contribution in [-0.4, -0.2) is 52.2 Å². The Kier molecular flexibility index (Phi) is 5.25. The Morgan fingerprint density at radius 2 is 2.23 bits per heavy atom. The summed E-state index contributed by atoms with van der Waals surface area (Å²) in [4.78, 5) is 12.7. The van der Waals surface area contributed by atoms with Crippen molar-refractivity contribution in [1.82, 2.24) is 45.5 Å². The fourth-order valence-electron chi connectivity index (χ4n) is 2.38. The van der Waals surface area contributed by atoms with E-state index in [1.54, 1.807) is 37.0 Å². The highest BCUT2D eigenvalue weighted by Gasteiger charge is 2.24. The molecule has 4 rings (SSSR count). The van der Waals surface area contributed by atoms with Crippen LogP contribution in [0.4, 0.5) is 5.82 Å². The van der Waals surface area contributed by atoms with E-state index in [0.717, 1.165) is 5.76 Å². The molecule has 4 aromatic heterocycles. The molecule has 0 saturated heterocycles. The molecule has 0 saturated carbocycles. The van der Waals surface area contributed by atoms with Crippen LogP contribution in [0.2, 0.25) is 0 Å². The van der Waals surface area contributed by atoms with E-state index in [9.17, 15) is 4.79 Å². The second-order valence-corrected chi connectivity index (χ2v) is 6.87. The monoisotopic (exact) mass is 429 g/mol. The van der Waals surface area contributed by atoms with E-state index < -0.39 is 5.91 Å². The maximum absolute atomic E-state index is 12.7. The van der Waals surface area contributed by atoms with Crippen molar-refractivity contribution in [2.45, 2.75) is 17.8 Å². The number of nitrogens with two attached hydrogens (primary N) is 1. The molecule has 154 valence electrons. The van der Waals surface area contributed by atoms with Crippen molar-refractivity contribution in [3.05, 3.63) is 41.4 Å². The van der Waals surface area contributed by atoms with Gasteiger partial charge in [0.1, 0.15) is 17.8 Å². The molecule has 14 nitrogen and oxygen atoms in total. The summed E-state index contributed by atoms with van der Waals surface area (Å²) in [5.74, 6) is 1.02. The zero-order chi connectivity index (χ0) is 21.1. The smallest absolute Gasteiger partial charge is 0.293 e. The van der Waals surface area contributed by atoms with Gasteiger partial charge in [-0.1, -0.05) is 17.0 Å². The maximum atomic E-state index is 12.7. The number of aromatic nitrogens is 8. The van der Waals surface area contributed by atoms with Crippen molar-refractivity contribution in [3.8, 4) is 5.82 Å². The number of anilines is 1. The summed E-state index contributed by atoms with van der Waals surface area (Å²) in [6, 6.07) is 3.51. The van der Waals surface area contributed by atoms with E-state index >= 15 is 0 Å². The first-order valence-corrected chi connectivity index (χ1v) is 9.41. The van der Waals surface area contributed by atoms with Crippen LogP contribution in [0.3, 0.4) is 0 Å². The summed E-state index contributed by atoms with van der Waals surface area (Å²) < 4.78 is 13.0. The lowest BCUT2D eigenvalue weighted by Crippen LogP contribution is -2.20. The van der Waals surface area contributed by atoms with E-state index in [0.29, 0.717) is 16.6 Å². The van der Waals surface area contributed by atoms with Crippen molar-refractivity contribution in [3.63, 3.8) is 0 Å². The van der Waals surface area contributed by atoms with Crippen molar-refractivity contribution in [2.24, 2.45) is 12.1 Å². The van der Waals surface area contributed by atoms with Crippen molar-refractivity contribution < 1.29 is 13.8 Å². The lowest BCUT2D eigenvalue weighted by atomic mass is 10.3. The summed E-state index contributed by atoms with van der Waals surface area (Å²) in [7, 11) is 1.80. The van der Waals surface area contributed by atoms with Crippen LogP contribution < -0.4 is 11.2 Å². The normalized spacial score (nSPS) is 11.4. The molecular formula is C15H15N11O3S. The zero-order valence-corrected chi connectivity index (χ0v) is 16.6. The number of carbonyl (C=O) groups is 1. The van der Waals surface area contributed by atoms with Crippen LogP contribution in [0.1, 0.15) is 27.7 Å². The van der Waals surface area contributed by atoms with Crippen LogP contribution in [0.25, 0.3) is 5.82 Å². The van der Waals surface area contributed by atoms with Gasteiger partial charge in [-0.25, -0.2) is 10.1 Å². The fraction of sp³-hybridized carbons (Fsp3) is 0.200. The standard InChI is InChI=1S/C15H15N11O3S/c1-8-3-4-9(28-8)5-17-20-14(27)11-10(6-30-15-21-18-7-25(15)2)26(24-19-11)13-12(16)22-29-23-13/h3-5,7H,6H2,1-2H3,(H2,16,22)(H,20,27)/b17-5+. The number of carbonyl (C=O) groups excluding carboxylic acids is 1. The Bertz CT molecular complexity index is 1200. The molecule has 0 unspecified atom stereocenters. The molecule has 0 radical (unpaired) electrons. The highest BCUT2D eigenvalue weighted by atomic mass is 32.2. The van der Waals surface area contributed by atoms with E-state index in [4.69, 9.17) is 10.2 Å². The second-order valence-electron chi connectivity index (χ2n) is 5.93. The van der Waals surface area contributed by atoms with Gasteiger partial charge in [0, 0.05) is 12.8 Å². The van der Waals surface area contributed by atoms with Crippen LogP contribution in [0.5, 0.6) is 0 Å². The minimum absolute atomic E-state index is 0.00276. The number of nitrogen functional groups attached to an aromatic ring is 1. The molecule has 3 N–H and O–H groups in total. The summed E-state index contributed by atoms with van der Waals surface area (Å²) in [5, 5.41) is 27.5. The van der Waals surface area contributed by atoms with Crippen molar-refractivity contribution in [2.75, 3.05) is 5.73 Å². The number of hydrogen-bond acceptors (Lipinski definition) is 12. The Balaban J connectivity index is 1.59. The third kappa shape index (κ3) is 3.90. The van der Waals surface area contributed by atoms with E-state index in [-0.39, 0.29) is 23.1 Å². The summed E-state index contributed by atoms with van der Waals surface area (Å²) >= 11 is 1.32. The van der Waals surface area contributed by atoms with Gasteiger partial charge >= 0.3 is 0 Å².